The molecule has 0 aliphatic carbocycles. The highest BCUT2D eigenvalue weighted by atomic mass is 16.5. The number of rotatable bonds is 6. The fourth-order valence-corrected chi connectivity index (χ4v) is 1.75. The molecule has 122 valence electrons. The lowest BCUT2D eigenvalue weighted by Crippen LogP contribution is -2.50. The van der Waals surface area contributed by atoms with E-state index in [2.05, 4.69) is 15.4 Å². The molecule has 1 atom stereocenters. The van der Waals surface area contributed by atoms with Crippen LogP contribution in [-0.4, -0.2) is 42.6 Å². The van der Waals surface area contributed by atoms with Crippen molar-refractivity contribution in [3.05, 3.63) is 29.8 Å². The van der Waals surface area contributed by atoms with E-state index >= 15 is 0 Å². The summed E-state index contributed by atoms with van der Waals surface area (Å²) in [6.45, 7) is 0.134. The Bertz CT molecular complexity index is 607. The molecular formula is C15H17N3O5. The van der Waals surface area contributed by atoms with Crippen molar-refractivity contribution in [2.75, 3.05) is 13.7 Å². The zero-order chi connectivity index (χ0) is 17.2. The minimum atomic E-state index is -1.11. The van der Waals surface area contributed by atoms with Gasteiger partial charge in [0.05, 0.1) is 19.6 Å². The predicted molar refractivity (Wildman–Crippen MR) is 79.0 cm³/mol. The first-order valence-electron chi connectivity index (χ1n) is 6.79. The molecule has 2 amide bonds. The molecule has 1 aromatic carbocycles. The Hall–Kier alpha value is -3.08. The topological polar surface area (TPSA) is 129 Å². The zero-order valence-corrected chi connectivity index (χ0v) is 12.5. The van der Waals surface area contributed by atoms with Crippen LogP contribution in [0.3, 0.4) is 0 Å². The van der Waals surface area contributed by atoms with Crippen molar-refractivity contribution in [3.63, 3.8) is 0 Å². The number of nitriles is 1. The molecule has 0 heterocycles. The molecule has 0 aliphatic heterocycles. The number of phenolic OH excluding ortho intramolecular Hbond substituents is 1. The van der Waals surface area contributed by atoms with Crippen molar-refractivity contribution in [2.24, 2.45) is 0 Å². The molecule has 8 heteroatoms. The molecule has 3 N–H and O–H groups in total. The van der Waals surface area contributed by atoms with E-state index in [9.17, 15) is 19.5 Å². The SMILES string of the molecule is COC(=O)C(=O)NC(Cc1ccc(O)cc1)C(=O)NCCC#N. The van der Waals surface area contributed by atoms with Crippen LogP contribution in [0.25, 0.3) is 0 Å². The average molecular weight is 319 g/mol. The number of nitrogens with one attached hydrogen (secondary N) is 2. The quantitative estimate of drug-likeness (QED) is 0.372. The van der Waals surface area contributed by atoms with Crippen LogP contribution in [0, 0.1) is 11.3 Å². The van der Waals surface area contributed by atoms with Gasteiger partial charge in [0.15, 0.2) is 0 Å². The number of hydrogen-bond acceptors (Lipinski definition) is 6. The number of aromatic hydroxyl groups is 1. The summed E-state index contributed by atoms with van der Waals surface area (Å²) in [5.41, 5.74) is 0.674. The second-order valence-electron chi connectivity index (χ2n) is 4.59. The second kappa shape index (κ2) is 9.04. The standard InChI is InChI=1S/C15H17N3O5/c1-23-15(22)14(21)18-12(13(20)17-8-2-7-16)9-10-3-5-11(19)6-4-10/h3-6,12,19H,2,8-9H2,1H3,(H,17,20)(H,18,21). The van der Waals surface area contributed by atoms with Crippen LogP contribution in [0.5, 0.6) is 5.75 Å². The minimum Gasteiger partial charge on any atom is -0.508 e. The summed E-state index contributed by atoms with van der Waals surface area (Å²) in [5.74, 6) is -2.59. The largest absolute Gasteiger partial charge is 0.508 e. The zero-order valence-electron chi connectivity index (χ0n) is 12.5. The fourth-order valence-electron chi connectivity index (χ4n) is 1.75. The van der Waals surface area contributed by atoms with Gasteiger partial charge in [0.2, 0.25) is 5.91 Å². The van der Waals surface area contributed by atoms with E-state index in [0.717, 1.165) is 7.11 Å². The van der Waals surface area contributed by atoms with Crippen LogP contribution < -0.4 is 10.6 Å². The minimum absolute atomic E-state index is 0.0716. The fraction of sp³-hybridized carbons (Fsp3) is 0.333. The molecule has 0 saturated heterocycles. The lowest BCUT2D eigenvalue weighted by Gasteiger charge is -2.17. The Balaban J connectivity index is 2.80. The van der Waals surface area contributed by atoms with Gasteiger partial charge in [0.25, 0.3) is 0 Å². The van der Waals surface area contributed by atoms with Crippen LogP contribution in [0.4, 0.5) is 0 Å². The molecule has 0 fully saturated rings. The lowest BCUT2D eigenvalue weighted by molar-refractivity contribution is -0.153. The van der Waals surface area contributed by atoms with E-state index in [1.165, 1.54) is 12.1 Å². The van der Waals surface area contributed by atoms with E-state index in [1.54, 1.807) is 12.1 Å². The number of benzene rings is 1. The number of amides is 2. The first kappa shape index (κ1) is 18.0. The monoisotopic (exact) mass is 319 g/mol. The van der Waals surface area contributed by atoms with Gasteiger partial charge >= 0.3 is 11.9 Å². The van der Waals surface area contributed by atoms with Crippen LogP contribution in [-0.2, 0) is 25.5 Å². The summed E-state index contributed by atoms with van der Waals surface area (Å²) in [6.07, 6.45) is 0.240. The summed E-state index contributed by atoms with van der Waals surface area (Å²) in [7, 11) is 1.06. The van der Waals surface area contributed by atoms with Crippen LogP contribution in [0.2, 0.25) is 0 Å². The number of carbonyl (C=O) groups is 3. The normalized spacial score (nSPS) is 11.0. The van der Waals surface area contributed by atoms with Crippen LogP contribution >= 0.6 is 0 Å². The molecular weight excluding hydrogens is 302 g/mol. The first-order valence-corrected chi connectivity index (χ1v) is 6.79. The maximum atomic E-state index is 12.1. The first-order chi connectivity index (χ1) is 11.0. The van der Waals surface area contributed by atoms with Gasteiger partial charge in [-0.3, -0.25) is 9.59 Å². The molecule has 23 heavy (non-hydrogen) atoms. The van der Waals surface area contributed by atoms with Gasteiger partial charge in [0.1, 0.15) is 11.8 Å². The summed E-state index contributed by atoms with van der Waals surface area (Å²) < 4.78 is 4.30. The summed E-state index contributed by atoms with van der Waals surface area (Å²) in [4.78, 5) is 34.9. The number of esters is 1. The van der Waals surface area contributed by atoms with Crippen molar-refractivity contribution < 1.29 is 24.2 Å². The number of nitrogens with zero attached hydrogens (tertiary/aromatic N) is 1. The summed E-state index contributed by atoms with van der Waals surface area (Å²) in [5, 5.41) is 22.5. The number of carbonyl (C=O) groups excluding carboxylic acids is 3. The molecule has 0 saturated carbocycles. The lowest BCUT2D eigenvalue weighted by atomic mass is 10.0. The average Bonchev–Trinajstić information content (AvgIpc) is 2.55. The Labute approximate surface area is 133 Å². The van der Waals surface area contributed by atoms with Gasteiger partial charge in [-0.1, -0.05) is 12.1 Å². The van der Waals surface area contributed by atoms with Crippen LogP contribution in [0.1, 0.15) is 12.0 Å². The summed E-state index contributed by atoms with van der Waals surface area (Å²) in [6, 6.07) is 6.95. The summed E-state index contributed by atoms with van der Waals surface area (Å²) >= 11 is 0. The number of hydrogen-bond donors (Lipinski definition) is 3. The molecule has 0 spiro atoms. The maximum Gasteiger partial charge on any atom is 0.396 e. The Kier molecular flexibility index (Phi) is 7.07. The second-order valence-corrected chi connectivity index (χ2v) is 4.59. The van der Waals surface area contributed by atoms with E-state index in [4.69, 9.17) is 5.26 Å². The highest BCUT2D eigenvalue weighted by Gasteiger charge is 2.24. The molecule has 0 bridgehead atoms. The highest BCUT2D eigenvalue weighted by Crippen LogP contribution is 2.11. The molecule has 1 unspecified atom stereocenters. The van der Waals surface area contributed by atoms with Gasteiger partial charge in [-0.15, -0.1) is 0 Å². The van der Waals surface area contributed by atoms with Gasteiger partial charge in [-0.05, 0) is 17.7 Å². The molecule has 0 radical (unpaired) electrons. The Morgan fingerprint density at radius 2 is 1.96 bits per heavy atom. The Morgan fingerprint density at radius 3 is 2.52 bits per heavy atom. The molecule has 0 aromatic heterocycles. The Morgan fingerprint density at radius 1 is 1.30 bits per heavy atom. The van der Waals surface area contributed by atoms with Crippen molar-refractivity contribution in [2.45, 2.75) is 18.9 Å². The van der Waals surface area contributed by atoms with E-state index in [1.807, 2.05) is 6.07 Å². The van der Waals surface area contributed by atoms with Gasteiger partial charge in [0, 0.05) is 13.0 Å². The number of methoxy groups -OCH3 is 1. The molecule has 1 rings (SSSR count). The third-order valence-electron chi connectivity index (χ3n) is 2.90. The molecule has 8 nitrogen and oxygen atoms in total. The van der Waals surface area contributed by atoms with E-state index in [0.29, 0.717) is 5.56 Å². The van der Waals surface area contributed by atoms with Crippen molar-refractivity contribution >= 4 is 17.8 Å². The highest BCUT2D eigenvalue weighted by molar-refractivity contribution is 6.32. The van der Waals surface area contributed by atoms with Crippen molar-refractivity contribution in [1.82, 2.24) is 10.6 Å². The third kappa shape index (κ3) is 6.05. The number of phenols is 1. The van der Waals surface area contributed by atoms with Crippen molar-refractivity contribution in [1.29, 1.82) is 5.26 Å². The smallest absolute Gasteiger partial charge is 0.396 e. The van der Waals surface area contributed by atoms with E-state index < -0.39 is 23.8 Å². The molecule has 1 aromatic rings. The van der Waals surface area contributed by atoms with Crippen molar-refractivity contribution in [3.8, 4) is 11.8 Å². The third-order valence-corrected chi connectivity index (χ3v) is 2.90. The van der Waals surface area contributed by atoms with Gasteiger partial charge in [-0.25, -0.2) is 4.79 Å². The maximum absolute atomic E-state index is 12.1. The van der Waals surface area contributed by atoms with Gasteiger partial charge < -0.3 is 20.5 Å². The van der Waals surface area contributed by atoms with Crippen LogP contribution in [0.15, 0.2) is 24.3 Å². The number of ether oxygens (including phenoxy) is 1. The van der Waals surface area contributed by atoms with E-state index in [-0.39, 0.29) is 25.1 Å². The van der Waals surface area contributed by atoms with Gasteiger partial charge in [-0.2, -0.15) is 5.26 Å². The molecule has 0 aliphatic rings. The predicted octanol–water partition coefficient (Wildman–Crippen LogP) is -0.378.